The molecule has 5 atom stereocenters. The summed E-state index contributed by atoms with van der Waals surface area (Å²) in [5.74, 6) is 0.824. The van der Waals surface area contributed by atoms with E-state index >= 15 is 0 Å². The molecule has 2 saturated carbocycles. The van der Waals surface area contributed by atoms with Crippen molar-refractivity contribution in [3.8, 4) is 0 Å². The largest absolute Gasteiger partial charge is 0.480 e. The lowest BCUT2D eigenvalue weighted by Crippen LogP contribution is -2.41. The molecule has 5 heteroatoms. The topological polar surface area (TPSA) is 77.8 Å². The Morgan fingerprint density at radius 1 is 1.16 bits per heavy atom. The summed E-state index contributed by atoms with van der Waals surface area (Å²) >= 11 is 0. The molecule has 3 fully saturated rings. The van der Waals surface area contributed by atoms with Gasteiger partial charge in [0.2, 0.25) is 5.91 Å². The Bertz CT molecular complexity index is 397. The maximum atomic E-state index is 12.3. The van der Waals surface area contributed by atoms with Crippen LogP contribution in [0.3, 0.4) is 0 Å². The van der Waals surface area contributed by atoms with Crippen LogP contribution in [0.5, 0.6) is 0 Å². The van der Waals surface area contributed by atoms with Crippen molar-refractivity contribution in [3.63, 3.8) is 0 Å². The van der Waals surface area contributed by atoms with Gasteiger partial charge in [-0.3, -0.25) is 4.79 Å². The fraction of sp³-hybridized carbons (Fsp3) is 0.857. The number of aliphatic carboxylic acids is 1. The molecule has 2 aliphatic carbocycles. The fourth-order valence-corrected chi connectivity index (χ4v) is 4.29. The molecule has 0 aromatic heterocycles. The highest BCUT2D eigenvalue weighted by Crippen LogP contribution is 2.49. The number of hydrogen-bond donors (Lipinski definition) is 2. The van der Waals surface area contributed by atoms with Crippen molar-refractivity contribution in [1.82, 2.24) is 4.90 Å². The number of hydrogen-bond acceptors (Lipinski definition) is 3. The van der Waals surface area contributed by atoms with Crippen LogP contribution in [0.2, 0.25) is 0 Å². The number of nitrogens with zero attached hydrogens (tertiary/aromatic N) is 1. The van der Waals surface area contributed by atoms with E-state index in [4.69, 9.17) is 5.11 Å². The second kappa shape index (κ2) is 4.78. The van der Waals surface area contributed by atoms with Gasteiger partial charge < -0.3 is 15.1 Å². The van der Waals surface area contributed by atoms with Gasteiger partial charge >= 0.3 is 5.97 Å². The van der Waals surface area contributed by atoms with E-state index in [1.54, 1.807) is 0 Å². The molecular formula is C14H21NO4. The van der Waals surface area contributed by atoms with Crippen LogP contribution in [0.4, 0.5) is 0 Å². The standard InChI is InChI=1S/C14H21NO4/c16-11-6-12(14(18)19)15(7-11)13(17)5-10-4-8-1-2-9(10)3-8/h8-12,16H,1-7H2,(H,18,19)/t8?,9?,10?,11?,12-/m0/s1. The smallest absolute Gasteiger partial charge is 0.326 e. The Morgan fingerprint density at radius 3 is 2.53 bits per heavy atom. The van der Waals surface area contributed by atoms with Gasteiger partial charge in [-0.25, -0.2) is 4.79 Å². The molecule has 1 aliphatic heterocycles. The molecule has 3 aliphatic rings. The molecule has 3 rings (SSSR count). The van der Waals surface area contributed by atoms with Gasteiger partial charge in [-0.15, -0.1) is 0 Å². The summed E-state index contributed by atoms with van der Waals surface area (Å²) < 4.78 is 0. The molecule has 19 heavy (non-hydrogen) atoms. The number of β-amino-alcohol motifs (C(OH)–C–C–N with tert-alkyl or cyclic N) is 1. The zero-order chi connectivity index (χ0) is 13.6. The van der Waals surface area contributed by atoms with E-state index in [1.165, 1.54) is 24.2 Å². The molecule has 106 valence electrons. The van der Waals surface area contributed by atoms with Crippen LogP contribution in [0.1, 0.15) is 38.5 Å². The van der Waals surface area contributed by atoms with Crippen LogP contribution < -0.4 is 0 Å². The van der Waals surface area contributed by atoms with E-state index in [9.17, 15) is 14.7 Å². The summed E-state index contributed by atoms with van der Waals surface area (Å²) in [6.07, 6.45) is 4.86. The van der Waals surface area contributed by atoms with Crippen LogP contribution in [0.25, 0.3) is 0 Å². The van der Waals surface area contributed by atoms with Crippen LogP contribution in [0, 0.1) is 17.8 Å². The van der Waals surface area contributed by atoms with E-state index in [1.807, 2.05) is 0 Å². The Kier molecular flexibility index (Phi) is 3.25. The van der Waals surface area contributed by atoms with E-state index in [2.05, 4.69) is 0 Å². The summed E-state index contributed by atoms with van der Waals surface area (Å²) in [6, 6.07) is -0.832. The number of carbonyl (C=O) groups excluding carboxylic acids is 1. The van der Waals surface area contributed by atoms with E-state index in [-0.39, 0.29) is 18.9 Å². The third kappa shape index (κ3) is 2.36. The number of carboxylic acid groups (broad SMARTS) is 1. The Morgan fingerprint density at radius 2 is 1.95 bits per heavy atom. The van der Waals surface area contributed by atoms with Gasteiger partial charge in [-0.2, -0.15) is 0 Å². The number of carbonyl (C=O) groups is 2. The lowest BCUT2D eigenvalue weighted by Gasteiger charge is -2.26. The molecule has 1 heterocycles. The van der Waals surface area contributed by atoms with Gasteiger partial charge in [-0.05, 0) is 37.0 Å². The molecule has 1 amide bonds. The summed E-state index contributed by atoms with van der Waals surface area (Å²) in [5, 5.41) is 18.7. The average Bonchev–Trinajstić information content (AvgIpc) is 3.02. The molecule has 4 unspecified atom stereocenters. The number of aliphatic hydroxyl groups excluding tert-OH is 1. The van der Waals surface area contributed by atoms with E-state index in [0.717, 1.165) is 12.3 Å². The minimum absolute atomic E-state index is 0.0819. The van der Waals surface area contributed by atoms with Crippen LogP contribution in [0.15, 0.2) is 0 Å². The average molecular weight is 267 g/mol. The third-order valence-electron chi connectivity index (χ3n) is 5.21. The van der Waals surface area contributed by atoms with Gasteiger partial charge in [0.15, 0.2) is 0 Å². The minimum atomic E-state index is -1.00. The van der Waals surface area contributed by atoms with Crippen LogP contribution in [-0.2, 0) is 9.59 Å². The van der Waals surface area contributed by atoms with Gasteiger partial charge in [0.05, 0.1) is 6.10 Å². The first-order valence-electron chi connectivity index (χ1n) is 7.25. The molecule has 2 bridgehead atoms. The van der Waals surface area contributed by atoms with Gasteiger partial charge in [-0.1, -0.05) is 6.42 Å². The highest BCUT2D eigenvalue weighted by atomic mass is 16.4. The molecule has 5 nitrogen and oxygen atoms in total. The Hall–Kier alpha value is -1.10. The van der Waals surface area contributed by atoms with Crippen molar-refractivity contribution < 1.29 is 19.8 Å². The predicted molar refractivity (Wildman–Crippen MR) is 67.3 cm³/mol. The summed E-state index contributed by atoms with van der Waals surface area (Å²) in [6.45, 7) is 0.177. The first-order valence-corrected chi connectivity index (χ1v) is 7.25. The van der Waals surface area contributed by atoms with Crippen LogP contribution in [-0.4, -0.2) is 45.7 Å². The van der Waals surface area contributed by atoms with Gasteiger partial charge in [0.1, 0.15) is 6.04 Å². The van der Waals surface area contributed by atoms with Crippen molar-refractivity contribution in [3.05, 3.63) is 0 Å². The first-order chi connectivity index (χ1) is 9.04. The van der Waals surface area contributed by atoms with Gasteiger partial charge in [0.25, 0.3) is 0 Å². The molecule has 1 saturated heterocycles. The van der Waals surface area contributed by atoms with Crippen molar-refractivity contribution >= 4 is 11.9 Å². The molecular weight excluding hydrogens is 246 g/mol. The predicted octanol–water partition coefficient (Wildman–Crippen LogP) is 0.859. The Balaban J connectivity index is 1.62. The fourth-order valence-electron chi connectivity index (χ4n) is 4.29. The Labute approximate surface area is 112 Å². The first kappa shape index (κ1) is 12.9. The van der Waals surface area contributed by atoms with E-state index < -0.39 is 18.1 Å². The van der Waals surface area contributed by atoms with Crippen molar-refractivity contribution in [2.24, 2.45) is 17.8 Å². The molecule has 0 spiro atoms. The zero-order valence-electron chi connectivity index (χ0n) is 11.0. The van der Waals surface area contributed by atoms with Crippen molar-refractivity contribution in [2.75, 3.05) is 6.54 Å². The number of amides is 1. The SMILES string of the molecule is O=C(O)[C@@H]1CC(O)CN1C(=O)CC1CC2CCC1C2. The van der Waals surface area contributed by atoms with Gasteiger partial charge in [0, 0.05) is 19.4 Å². The van der Waals surface area contributed by atoms with Crippen LogP contribution >= 0.6 is 0 Å². The highest BCUT2D eigenvalue weighted by molar-refractivity contribution is 5.84. The maximum Gasteiger partial charge on any atom is 0.326 e. The number of likely N-dealkylation sites (tertiary alicyclic amines) is 1. The number of rotatable bonds is 3. The normalized spacial score (nSPS) is 40.9. The summed E-state index contributed by atoms with van der Waals surface area (Å²) in [7, 11) is 0. The second-order valence-electron chi connectivity index (χ2n) is 6.43. The molecule has 0 radical (unpaired) electrons. The van der Waals surface area contributed by atoms with E-state index in [0.29, 0.717) is 18.3 Å². The molecule has 0 aromatic rings. The minimum Gasteiger partial charge on any atom is -0.480 e. The quantitative estimate of drug-likeness (QED) is 0.795. The van der Waals surface area contributed by atoms with Crippen molar-refractivity contribution in [1.29, 1.82) is 0 Å². The molecule has 2 N–H and O–H groups in total. The third-order valence-corrected chi connectivity index (χ3v) is 5.21. The monoisotopic (exact) mass is 267 g/mol. The number of aliphatic hydroxyl groups is 1. The lowest BCUT2D eigenvalue weighted by molar-refractivity contribution is -0.148. The number of carboxylic acids is 1. The summed E-state index contributed by atoms with van der Waals surface area (Å²) in [4.78, 5) is 24.8. The highest BCUT2D eigenvalue weighted by Gasteiger charge is 2.43. The molecule has 0 aromatic carbocycles. The lowest BCUT2D eigenvalue weighted by atomic mass is 9.86. The van der Waals surface area contributed by atoms with Crippen molar-refractivity contribution in [2.45, 2.75) is 50.7 Å². The number of fused-ring (bicyclic) bond motifs is 2. The zero-order valence-corrected chi connectivity index (χ0v) is 11.0. The summed E-state index contributed by atoms with van der Waals surface area (Å²) in [5.41, 5.74) is 0. The second-order valence-corrected chi connectivity index (χ2v) is 6.43. The maximum absolute atomic E-state index is 12.3.